The van der Waals surface area contributed by atoms with Gasteiger partial charge in [0.1, 0.15) is 0 Å². The topological polar surface area (TPSA) is 17.4 Å². The van der Waals surface area contributed by atoms with Gasteiger partial charge in [0, 0.05) is 24.4 Å². The maximum atomic E-state index is 6.08. The van der Waals surface area contributed by atoms with Crippen LogP contribution in [0.15, 0.2) is 48.7 Å². The van der Waals surface area contributed by atoms with Crippen LogP contribution in [0.25, 0.3) is 0 Å². The van der Waals surface area contributed by atoms with Crippen LogP contribution in [0.1, 0.15) is 43.5 Å². The quantitative estimate of drug-likeness (QED) is 0.849. The van der Waals surface area contributed by atoms with E-state index in [1.165, 1.54) is 17.7 Å². The summed E-state index contributed by atoms with van der Waals surface area (Å²) in [5, 5.41) is 2.24. The second-order valence-electron chi connectivity index (χ2n) is 6.99. The minimum Gasteiger partial charge on any atom is -0.346 e. The third-order valence-electron chi connectivity index (χ3n) is 5.00. The lowest BCUT2D eigenvalue weighted by atomic mass is 9.91. The Morgan fingerprint density at radius 2 is 1.95 bits per heavy atom. The Labute approximate surface area is 132 Å². The number of fused-ring (bicyclic) bond motifs is 3. The zero-order chi connectivity index (χ0) is 15.1. The lowest BCUT2D eigenvalue weighted by molar-refractivity contribution is -0.148. The molecule has 3 heteroatoms. The van der Waals surface area contributed by atoms with Gasteiger partial charge in [0.25, 0.3) is 0 Å². The van der Waals surface area contributed by atoms with Crippen molar-refractivity contribution in [3.05, 3.63) is 59.9 Å². The molecule has 0 bridgehead atoms. The van der Waals surface area contributed by atoms with Gasteiger partial charge >= 0.3 is 0 Å². The number of hydroxylamine groups is 2. The minimum atomic E-state index is 0.471. The molecule has 4 rings (SSSR count). The van der Waals surface area contributed by atoms with Crippen molar-refractivity contribution in [2.45, 2.75) is 44.8 Å². The highest BCUT2D eigenvalue weighted by atomic mass is 16.7. The molecule has 0 amide bonds. The number of hydrogen-bond donors (Lipinski definition) is 0. The van der Waals surface area contributed by atoms with Crippen LogP contribution in [-0.2, 0) is 11.4 Å². The Morgan fingerprint density at radius 1 is 1.14 bits per heavy atom. The molecule has 0 spiro atoms. The Kier molecular flexibility index (Phi) is 3.55. The summed E-state index contributed by atoms with van der Waals surface area (Å²) in [6.45, 7) is 6.32. The monoisotopic (exact) mass is 296 g/mol. The lowest BCUT2D eigenvalue weighted by Crippen LogP contribution is -2.34. The molecule has 0 N–H and O–H groups in total. The Hall–Kier alpha value is -1.58. The number of benzene rings is 1. The highest BCUT2D eigenvalue weighted by Gasteiger charge is 2.48. The van der Waals surface area contributed by atoms with Crippen molar-refractivity contribution in [3.63, 3.8) is 0 Å². The molecule has 3 heterocycles. The molecule has 1 fully saturated rings. The lowest BCUT2D eigenvalue weighted by Gasteiger charge is -2.29. The van der Waals surface area contributed by atoms with Crippen LogP contribution in [0.4, 0.5) is 0 Å². The Morgan fingerprint density at radius 3 is 2.73 bits per heavy atom. The molecule has 0 saturated carbocycles. The van der Waals surface area contributed by atoms with Gasteiger partial charge in [-0.3, -0.25) is 4.84 Å². The fourth-order valence-electron chi connectivity index (χ4n) is 4.12. The number of hydrogen-bond acceptors (Lipinski definition) is 2. The highest BCUT2D eigenvalue weighted by Crippen LogP contribution is 2.46. The number of nitrogens with zero attached hydrogens (tertiary/aromatic N) is 2. The molecule has 1 aromatic heterocycles. The molecule has 0 radical (unpaired) electrons. The van der Waals surface area contributed by atoms with Crippen molar-refractivity contribution in [2.24, 2.45) is 5.92 Å². The molecule has 3 nitrogen and oxygen atoms in total. The molecule has 3 atom stereocenters. The zero-order valence-corrected chi connectivity index (χ0v) is 13.4. The fourth-order valence-corrected chi connectivity index (χ4v) is 4.12. The van der Waals surface area contributed by atoms with Crippen LogP contribution in [0.3, 0.4) is 0 Å². The van der Waals surface area contributed by atoms with E-state index in [-0.39, 0.29) is 0 Å². The van der Waals surface area contributed by atoms with E-state index < -0.39 is 0 Å². The molecule has 1 saturated heterocycles. The van der Waals surface area contributed by atoms with Gasteiger partial charge in [0.15, 0.2) is 0 Å². The third-order valence-corrected chi connectivity index (χ3v) is 5.00. The molecule has 2 aliphatic rings. The zero-order valence-electron chi connectivity index (χ0n) is 13.4. The van der Waals surface area contributed by atoms with E-state index in [9.17, 15) is 0 Å². The van der Waals surface area contributed by atoms with Crippen molar-refractivity contribution in [1.82, 2.24) is 9.63 Å². The van der Waals surface area contributed by atoms with Gasteiger partial charge < -0.3 is 4.57 Å². The summed E-state index contributed by atoms with van der Waals surface area (Å²) in [5.41, 5.74) is 2.77. The van der Waals surface area contributed by atoms with Crippen LogP contribution < -0.4 is 0 Å². The number of rotatable bonds is 4. The highest BCUT2D eigenvalue weighted by molar-refractivity contribution is 5.25. The molecule has 2 aliphatic heterocycles. The van der Waals surface area contributed by atoms with E-state index in [0.717, 1.165) is 13.2 Å². The van der Waals surface area contributed by atoms with Crippen molar-refractivity contribution in [2.75, 3.05) is 6.61 Å². The SMILES string of the molecule is CC(C)C[C@H]1[C@H]2[C@H](CON2Cc2ccccc2)c2cccn21. The van der Waals surface area contributed by atoms with Gasteiger partial charge in [-0.05, 0) is 30.0 Å². The summed E-state index contributed by atoms with van der Waals surface area (Å²) >= 11 is 0. The second-order valence-corrected chi connectivity index (χ2v) is 6.99. The summed E-state index contributed by atoms with van der Waals surface area (Å²) in [5.74, 6) is 1.21. The Bertz CT molecular complexity index is 634. The van der Waals surface area contributed by atoms with Crippen LogP contribution in [0.2, 0.25) is 0 Å². The normalized spacial score (nSPS) is 27.3. The van der Waals surface area contributed by atoms with Gasteiger partial charge in [-0.15, -0.1) is 0 Å². The predicted molar refractivity (Wildman–Crippen MR) is 87.4 cm³/mol. The van der Waals surface area contributed by atoms with Gasteiger partial charge in [-0.1, -0.05) is 44.2 Å². The van der Waals surface area contributed by atoms with Gasteiger partial charge in [0.2, 0.25) is 0 Å². The second kappa shape index (κ2) is 5.56. The van der Waals surface area contributed by atoms with E-state index in [0.29, 0.717) is 23.9 Å². The van der Waals surface area contributed by atoms with E-state index in [1.807, 2.05) is 0 Å². The van der Waals surface area contributed by atoms with Crippen molar-refractivity contribution in [3.8, 4) is 0 Å². The first-order chi connectivity index (χ1) is 10.7. The van der Waals surface area contributed by atoms with Crippen LogP contribution in [0.5, 0.6) is 0 Å². The van der Waals surface area contributed by atoms with Crippen molar-refractivity contribution >= 4 is 0 Å². The fraction of sp³-hybridized carbons (Fsp3) is 0.474. The number of aromatic nitrogens is 1. The molecule has 1 aromatic carbocycles. The summed E-state index contributed by atoms with van der Waals surface area (Å²) in [6.07, 6.45) is 3.46. The largest absolute Gasteiger partial charge is 0.346 e. The van der Waals surface area contributed by atoms with Crippen molar-refractivity contribution in [1.29, 1.82) is 0 Å². The first-order valence-electron chi connectivity index (χ1n) is 8.34. The smallest absolute Gasteiger partial charge is 0.0785 e. The molecular weight excluding hydrogens is 272 g/mol. The third kappa shape index (κ3) is 2.29. The summed E-state index contributed by atoms with van der Waals surface area (Å²) in [6, 6.07) is 16.1. The molecular formula is C19H24N2O. The summed E-state index contributed by atoms with van der Waals surface area (Å²) in [4.78, 5) is 6.08. The summed E-state index contributed by atoms with van der Waals surface area (Å²) in [7, 11) is 0. The van der Waals surface area contributed by atoms with E-state index in [4.69, 9.17) is 4.84 Å². The molecule has 116 valence electrons. The van der Waals surface area contributed by atoms with Gasteiger partial charge in [-0.2, -0.15) is 5.06 Å². The average molecular weight is 296 g/mol. The van der Waals surface area contributed by atoms with Gasteiger partial charge in [0.05, 0.1) is 18.7 Å². The molecule has 2 aromatic rings. The maximum Gasteiger partial charge on any atom is 0.0785 e. The van der Waals surface area contributed by atoms with Crippen LogP contribution >= 0.6 is 0 Å². The first-order valence-corrected chi connectivity index (χ1v) is 8.34. The van der Waals surface area contributed by atoms with E-state index >= 15 is 0 Å². The standard InChI is InChI=1S/C19H24N2O/c1-14(2)11-18-19-16(17-9-6-10-20(17)18)13-22-21(19)12-15-7-4-3-5-8-15/h3-10,14,16,18-19H,11-13H2,1-2H3/t16-,18+,19-/m1/s1. The van der Waals surface area contributed by atoms with Crippen molar-refractivity contribution < 1.29 is 4.84 Å². The molecule has 22 heavy (non-hydrogen) atoms. The van der Waals surface area contributed by atoms with Crippen LogP contribution in [-0.4, -0.2) is 22.3 Å². The predicted octanol–water partition coefficient (Wildman–Crippen LogP) is 3.99. The Balaban J connectivity index is 1.61. The average Bonchev–Trinajstić information content (AvgIpc) is 3.16. The first kappa shape index (κ1) is 14.0. The van der Waals surface area contributed by atoms with Gasteiger partial charge in [-0.25, -0.2) is 0 Å². The summed E-state index contributed by atoms with van der Waals surface area (Å²) < 4.78 is 2.50. The maximum absolute atomic E-state index is 6.08. The minimum absolute atomic E-state index is 0.471. The van der Waals surface area contributed by atoms with E-state index in [1.54, 1.807) is 0 Å². The van der Waals surface area contributed by atoms with E-state index in [2.05, 4.69) is 72.1 Å². The molecule has 0 aliphatic carbocycles. The molecule has 0 unspecified atom stereocenters. The van der Waals surface area contributed by atoms with Crippen LogP contribution in [0, 0.1) is 5.92 Å².